The molecule has 1 aliphatic rings. The Morgan fingerprint density at radius 2 is 1.86 bits per heavy atom. The number of aliphatic imine (C=N–C) groups is 1. The lowest BCUT2D eigenvalue weighted by Crippen LogP contribution is -2.22. The van der Waals surface area contributed by atoms with Crippen molar-refractivity contribution in [3.05, 3.63) is 66.1 Å². The first-order valence-electron chi connectivity index (χ1n) is 8.73. The third-order valence-electron chi connectivity index (χ3n) is 4.11. The van der Waals surface area contributed by atoms with Gasteiger partial charge in [0.15, 0.2) is 6.61 Å². The number of aromatic nitrogens is 2. The van der Waals surface area contributed by atoms with E-state index in [4.69, 9.17) is 9.26 Å². The second-order valence-corrected chi connectivity index (χ2v) is 7.77. The van der Waals surface area contributed by atoms with Gasteiger partial charge in [-0.15, -0.1) is 0 Å². The van der Waals surface area contributed by atoms with Crippen LogP contribution < -0.4 is 4.72 Å². The zero-order valence-corrected chi connectivity index (χ0v) is 15.9. The largest absolute Gasteiger partial charge is 0.455 e. The molecule has 0 saturated carbocycles. The number of carbonyl (C=O) groups excluding carboxylic acids is 1. The molecule has 2 heterocycles. The SMILES string of the molecule is O=C(CCN=C1NS(=O)(=O)c2ccccc21)OCc1nc(-c2ccccc2)no1. The van der Waals surface area contributed by atoms with Crippen molar-refractivity contribution in [1.82, 2.24) is 14.9 Å². The fourth-order valence-corrected chi connectivity index (χ4v) is 3.99. The number of benzene rings is 2. The van der Waals surface area contributed by atoms with E-state index in [0.717, 1.165) is 5.56 Å². The van der Waals surface area contributed by atoms with E-state index in [9.17, 15) is 13.2 Å². The summed E-state index contributed by atoms with van der Waals surface area (Å²) in [5.41, 5.74) is 1.28. The molecule has 2 aromatic carbocycles. The molecule has 4 rings (SSSR count). The standard InChI is InChI=1S/C19H16N4O5S/c24-17(27-12-16-21-18(22-28-16)13-6-2-1-3-7-13)10-11-20-19-14-8-4-5-9-15(14)29(25,26)23-19/h1-9H,10-12H2,(H,20,23). The van der Waals surface area contributed by atoms with E-state index in [2.05, 4.69) is 19.9 Å². The molecule has 1 aromatic heterocycles. The van der Waals surface area contributed by atoms with Crippen LogP contribution in [0.25, 0.3) is 11.4 Å². The highest BCUT2D eigenvalue weighted by Gasteiger charge is 2.29. The number of ether oxygens (including phenoxy) is 1. The number of nitrogens with one attached hydrogen (secondary N) is 1. The molecule has 0 spiro atoms. The Kier molecular flexibility index (Phi) is 5.09. The molecule has 0 fully saturated rings. The molecule has 0 saturated heterocycles. The van der Waals surface area contributed by atoms with Gasteiger partial charge >= 0.3 is 5.97 Å². The molecule has 0 aliphatic carbocycles. The molecule has 9 nitrogen and oxygen atoms in total. The minimum atomic E-state index is -3.60. The van der Waals surface area contributed by atoms with Gasteiger partial charge in [0.2, 0.25) is 5.82 Å². The van der Waals surface area contributed by atoms with Gasteiger partial charge in [-0.1, -0.05) is 47.6 Å². The smallest absolute Gasteiger partial charge is 0.308 e. The van der Waals surface area contributed by atoms with Crippen LogP contribution in [0.1, 0.15) is 17.9 Å². The number of hydrogen-bond acceptors (Lipinski definition) is 8. The average molecular weight is 412 g/mol. The zero-order valence-electron chi connectivity index (χ0n) is 15.1. The Hall–Kier alpha value is -3.53. The minimum absolute atomic E-state index is 0.0208. The first-order chi connectivity index (χ1) is 14.0. The van der Waals surface area contributed by atoms with E-state index in [1.807, 2.05) is 30.3 Å². The maximum atomic E-state index is 12.0. The fourth-order valence-electron chi connectivity index (χ4n) is 2.74. The quantitative estimate of drug-likeness (QED) is 0.613. The van der Waals surface area contributed by atoms with Gasteiger partial charge in [0.1, 0.15) is 5.84 Å². The first-order valence-corrected chi connectivity index (χ1v) is 10.2. The molecule has 10 heteroatoms. The van der Waals surface area contributed by atoms with E-state index < -0.39 is 16.0 Å². The van der Waals surface area contributed by atoms with Crippen molar-refractivity contribution >= 4 is 21.8 Å². The first kappa shape index (κ1) is 18.8. The molecule has 0 bridgehead atoms. The molecule has 0 amide bonds. The highest BCUT2D eigenvalue weighted by atomic mass is 32.2. The maximum absolute atomic E-state index is 12.0. The molecular formula is C19H16N4O5S. The van der Waals surface area contributed by atoms with Gasteiger partial charge < -0.3 is 9.26 Å². The maximum Gasteiger partial charge on any atom is 0.308 e. The van der Waals surface area contributed by atoms with Crippen molar-refractivity contribution in [3.63, 3.8) is 0 Å². The van der Waals surface area contributed by atoms with E-state index in [1.165, 1.54) is 6.07 Å². The molecule has 0 unspecified atom stereocenters. The fraction of sp³-hybridized carbons (Fsp3) is 0.158. The summed E-state index contributed by atoms with van der Waals surface area (Å²) in [7, 11) is -3.60. The molecule has 148 valence electrons. The van der Waals surface area contributed by atoms with Gasteiger partial charge in [-0.3, -0.25) is 14.5 Å². The van der Waals surface area contributed by atoms with Crippen LogP contribution in [-0.2, 0) is 26.2 Å². The molecule has 0 radical (unpaired) electrons. The summed E-state index contributed by atoms with van der Waals surface area (Å²) in [5, 5.41) is 3.85. The molecular weight excluding hydrogens is 396 g/mol. The number of hydrogen-bond donors (Lipinski definition) is 1. The normalized spacial score (nSPS) is 15.7. The van der Waals surface area contributed by atoms with Gasteiger partial charge in [-0.25, -0.2) is 8.42 Å². The van der Waals surface area contributed by atoms with Crippen molar-refractivity contribution in [2.24, 2.45) is 4.99 Å². The van der Waals surface area contributed by atoms with Crippen LogP contribution in [0.15, 0.2) is 69.0 Å². The Labute approximate surface area is 166 Å². The number of amidine groups is 1. The Morgan fingerprint density at radius 3 is 2.69 bits per heavy atom. The molecule has 3 aromatic rings. The second kappa shape index (κ2) is 7.84. The topological polar surface area (TPSA) is 124 Å². The average Bonchev–Trinajstić information content (AvgIpc) is 3.30. The van der Waals surface area contributed by atoms with Crippen molar-refractivity contribution in [3.8, 4) is 11.4 Å². The number of sulfonamides is 1. The van der Waals surface area contributed by atoms with E-state index in [1.54, 1.807) is 18.2 Å². The summed E-state index contributed by atoms with van der Waals surface area (Å²) in [6, 6.07) is 15.8. The lowest BCUT2D eigenvalue weighted by atomic mass is 10.2. The molecule has 1 aliphatic heterocycles. The summed E-state index contributed by atoms with van der Waals surface area (Å²) < 4.78 is 36.6. The third-order valence-corrected chi connectivity index (χ3v) is 5.50. The van der Waals surface area contributed by atoms with Gasteiger partial charge in [0.05, 0.1) is 17.9 Å². The van der Waals surface area contributed by atoms with Crippen LogP contribution in [0.2, 0.25) is 0 Å². The molecule has 0 atom stereocenters. The Bertz CT molecular complexity index is 1170. The highest BCUT2D eigenvalue weighted by Crippen LogP contribution is 2.22. The van der Waals surface area contributed by atoms with Crippen LogP contribution in [0, 0.1) is 0 Å². The van der Waals surface area contributed by atoms with Crippen molar-refractivity contribution < 1.29 is 22.5 Å². The van der Waals surface area contributed by atoms with Crippen molar-refractivity contribution in [2.45, 2.75) is 17.9 Å². The lowest BCUT2D eigenvalue weighted by molar-refractivity contribution is -0.145. The number of fused-ring (bicyclic) bond motifs is 1. The van der Waals surface area contributed by atoms with Gasteiger partial charge in [-0.05, 0) is 12.1 Å². The number of esters is 1. The highest BCUT2D eigenvalue weighted by molar-refractivity contribution is 7.90. The summed E-state index contributed by atoms with van der Waals surface area (Å²) in [6.07, 6.45) is -0.0208. The number of nitrogens with zero attached hydrogens (tertiary/aromatic N) is 3. The monoisotopic (exact) mass is 412 g/mol. The molecule has 29 heavy (non-hydrogen) atoms. The van der Waals surface area contributed by atoms with Crippen LogP contribution in [0.4, 0.5) is 0 Å². The van der Waals surface area contributed by atoms with E-state index >= 15 is 0 Å². The van der Waals surface area contributed by atoms with Crippen LogP contribution in [0.5, 0.6) is 0 Å². The number of carbonyl (C=O) groups is 1. The van der Waals surface area contributed by atoms with E-state index in [-0.39, 0.29) is 36.2 Å². The zero-order chi connectivity index (χ0) is 20.3. The third kappa shape index (κ3) is 4.16. The predicted molar refractivity (Wildman–Crippen MR) is 102 cm³/mol. The summed E-state index contributed by atoms with van der Waals surface area (Å²) in [6.45, 7) is -0.0746. The van der Waals surface area contributed by atoms with Crippen molar-refractivity contribution in [2.75, 3.05) is 6.54 Å². The van der Waals surface area contributed by atoms with Crippen molar-refractivity contribution in [1.29, 1.82) is 0 Å². The summed E-state index contributed by atoms with van der Waals surface area (Å²) in [5.74, 6) is 0.303. The van der Waals surface area contributed by atoms with Crippen LogP contribution in [-0.4, -0.2) is 36.9 Å². The van der Waals surface area contributed by atoms with Crippen LogP contribution >= 0.6 is 0 Å². The predicted octanol–water partition coefficient (Wildman–Crippen LogP) is 1.91. The summed E-state index contributed by atoms with van der Waals surface area (Å²) in [4.78, 5) is 20.4. The van der Waals surface area contributed by atoms with E-state index in [0.29, 0.717) is 11.4 Å². The summed E-state index contributed by atoms with van der Waals surface area (Å²) >= 11 is 0. The Morgan fingerprint density at radius 1 is 1.10 bits per heavy atom. The Balaban J connectivity index is 1.30. The lowest BCUT2D eigenvalue weighted by Gasteiger charge is -2.01. The number of rotatable bonds is 6. The van der Waals surface area contributed by atoms with Gasteiger partial charge in [-0.2, -0.15) is 4.98 Å². The van der Waals surface area contributed by atoms with Crippen LogP contribution in [0.3, 0.4) is 0 Å². The van der Waals surface area contributed by atoms with Gasteiger partial charge in [0.25, 0.3) is 15.9 Å². The second-order valence-electron chi connectivity index (χ2n) is 6.12. The molecule has 1 N–H and O–H groups in total. The van der Waals surface area contributed by atoms with Gasteiger partial charge in [0, 0.05) is 11.1 Å². The minimum Gasteiger partial charge on any atom is -0.455 e.